The van der Waals surface area contributed by atoms with Crippen LogP contribution in [-0.2, 0) is 11.3 Å². The standard InChI is InChI=1S/C11H8FNO3.C10H8FNO2.2CH4.B/c1-15-11(14)8-3-2-7(12)4-9(8)10-5-16-6-13-10;11-8-2-1-7(4-13)9(3-8)10-5-14-6-12-10;;;/h2-6H,1H3;1-3,5-6,13H,4H2;2*1H4;. The number of aromatic nitrogens is 2. The Hall–Kier alpha value is -3.79. The fourth-order valence-corrected chi connectivity index (χ4v) is 2.63. The van der Waals surface area contributed by atoms with Crippen molar-refractivity contribution in [3.8, 4) is 22.5 Å². The molecule has 7 nitrogen and oxygen atoms in total. The Bertz CT molecular complexity index is 1120. The van der Waals surface area contributed by atoms with Gasteiger partial charge in [0.25, 0.3) is 0 Å². The number of carbonyl (C=O) groups excluding carboxylic acids is 1. The number of rotatable bonds is 4. The molecule has 0 saturated heterocycles. The molecule has 2 aromatic heterocycles. The summed E-state index contributed by atoms with van der Waals surface area (Å²) >= 11 is 0. The van der Waals surface area contributed by atoms with Crippen LogP contribution in [0.2, 0.25) is 0 Å². The first-order chi connectivity index (χ1) is 14.5. The number of nitrogens with zero attached hydrogens (tertiary/aromatic N) is 2. The van der Waals surface area contributed by atoms with Gasteiger partial charge in [-0.3, -0.25) is 0 Å². The summed E-state index contributed by atoms with van der Waals surface area (Å²) in [7, 11) is 1.26. The third-order valence-corrected chi connectivity index (χ3v) is 4.05. The summed E-state index contributed by atoms with van der Waals surface area (Å²) < 4.78 is 40.2. The van der Waals surface area contributed by atoms with Crippen molar-refractivity contribution in [3.05, 3.63) is 84.5 Å². The smallest absolute Gasteiger partial charge is 0.338 e. The van der Waals surface area contributed by atoms with Gasteiger partial charge >= 0.3 is 5.97 Å². The lowest BCUT2D eigenvalue weighted by molar-refractivity contribution is 0.0601. The number of oxazole rings is 2. The topological polar surface area (TPSA) is 98.6 Å². The van der Waals surface area contributed by atoms with Crippen molar-refractivity contribution in [1.29, 1.82) is 0 Å². The van der Waals surface area contributed by atoms with E-state index >= 15 is 0 Å². The van der Waals surface area contributed by atoms with Crippen molar-refractivity contribution in [2.75, 3.05) is 7.11 Å². The number of aliphatic hydroxyl groups is 1. The first kappa shape index (κ1) is 29.2. The van der Waals surface area contributed by atoms with Crippen molar-refractivity contribution < 1.29 is 32.3 Å². The molecule has 4 rings (SSSR count). The third-order valence-electron chi connectivity index (χ3n) is 4.05. The minimum absolute atomic E-state index is 0. The summed E-state index contributed by atoms with van der Waals surface area (Å²) in [5.74, 6) is -1.36. The Balaban J connectivity index is 0.000000573. The van der Waals surface area contributed by atoms with Gasteiger partial charge in [0.1, 0.15) is 35.5 Å². The molecule has 0 bridgehead atoms. The molecule has 0 atom stereocenters. The molecule has 4 aromatic rings. The van der Waals surface area contributed by atoms with Gasteiger partial charge in [-0.05, 0) is 35.9 Å². The van der Waals surface area contributed by atoms with Crippen molar-refractivity contribution in [3.63, 3.8) is 0 Å². The Morgan fingerprint density at radius 3 is 1.94 bits per heavy atom. The average Bonchev–Trinajstić information content (AvgIpc) is 3.48. The normalized spacial score (nSPS) is 9.33. The molecule has 1 N–H and O–H groups in total. The lowest BCUT2D eigenvalue weighted by Gasteiger charge is -2.04. The van der Waals surface area contributed by atoms with Crippen LogP contribution in [0.25, 0.3) is 22.5 Å². The maximum absolute atomic E-state index is 13.1. The van der Waals surface area contributed by atoms with Crippen molar-refractivity contribution in [2.24, 2.45) is 0 Å². The third kappa shape index (κ3) is 7.11. The van der Waals surface area contributed by atoms with Crippen LogP contribution < -0.4 is 0 Å². The molecule has 0 unspecified atom stereocenters. The van der Waals surface area contributed by atoms with Gasteiger partial charge in [-0.1, -0.05) is 20.9 Å². The molecule has 0 saturated carbocycles. The Morgan fingerprint density at radius 2 is 1.45 bits per heavy atom. The van der Waals surface area contributed by atoms with Crippen LogP contribution in [0.5, 0.6) is 0 Å². The number of benzene rings is 2. The number of ether oxygens (including phenoxy) is 1. The molecule has 10 heteroatoms. The molecule has 173 valence electrons. The fraction of sp³-hybridized carbons (Fsp3) is 0.174. The first-order valence-electron chi connectivity index (χ1n) is 8.57. The van der Waals surface area contributed by atoms with E-state index in [2.05, 4.69) is 14.7 Å². The number of esters is 1. The number of methoxy groups -OCH3 is 1. The summed E-state index contributed by atoms with van der Waals surface area (Å²) in [6.45, 7) is -0.150. The quantitative estimate of drug-likeness (QED) is 0.335. The molecular weight excluding hydrogens is 433 g/mol. The number of carbonyl (C=O) groups is 1. The monoisotopic (exact) mass is 457 g/mol. The molecule has 0 fully saturated rings. The highest BCUT2D eigenvalue weighted by Crippen LogP contribution is 2.24. The van der Waals surface area contributed by atoms with Crippen LogP contribution in [0.15, 0.2) is 70.5 Å². The Kier molecular flexibility index (Phi) is 12.0. The van der Waals surface area contributed by atoms with Crippen LogP contribution >= 0.6 is 0 Å². The van der Waals surface area contributed by atoms with Gasteiger partial charge in [-0.15, -0.1) is 0 Å². The van der Waals surface area contributed by atoms with Crippen LogP contribution in [0, 0.1) is 11.6 Å². The maximum atomic E-state index is 13.1. The number of hydrogen-bond donors (Lipinski definition) is 1. The van der Waals surface area contributed by atoms with Gasteiger partial charge in [-0.2, -0.15) is 0 Å². The summed E-state index contributed by atoms with van der Waals surface area (Å²) in [6.07, 6.45) is 5.22. The van der Waals surface area contributed by atoms with E-state index in [-0.39, 0.29) is 41.3 Å². The van der Waals surface area contributed by atoms with E-state index in [1.807, 2.05) is 0 Å². The van der Waals surface area contributed by atoms with E-state index in [0.717, 1.165) is 0 Å². The SMILES string of the molecule is C.C.COC(=O)c1ccc(F)cc1-c1cocn1.OCc1ccc(F)cc1-c1cocn1.[B]. The van der Waals surface area contributed by atoms with E-state index < -0.39 is 11.8 Å². The number of hydrogen-bond acceptors (Lipinski definition) is 7. The lowest BCUT2D eigenvalue weighted by atomic mass is 10.1. The zero-order chi connectivity index (χ0) is 21.5. The predicted molar refractivity (Wildman–Crippen MR) is 120 cm³/mol. The summed E-state index contributed by atoms with van der Waals surface area (Å²) in [5, 5.41) is 9.03. The molecule has 0 aliphatic heterocycles. The molecule has 0 aliphatic carbocycles. The summed E-state index contributed by atoms with van der Waals surface area (Å²) in [5.41, 5.74) is 2.69. The minimum Gasteiger partial charge on any atom is -0.465 e. The number of aliphatic hydroxyl groups excluding tert-OH is 1. The van der Waals surface area contributed by atoms with Crippen LogP contribution in [0.4, 0.5) is 8.78 Å². The van der Waals surface area contributed by atoms with Crippen molar-refractivity contribution in [1.82, 2.24) is 9.97 Å². The van der Waals surface area contributed by atoms with Crippen LogP contribution in [0.1, 0.15) is 30.8 Å². The van der Waals surface area contributed by atoms with Crippen molar-refractivity contribution in [2.45, 2.75) is 21.5 Å². The van der Waals surface area contributed by atoms with Gasteiger partial charge < -0.3 is 18.7 Å². The highest BCUT2D eigenvalue weighted by atomic mass is 19.1. The largest absolute Gasteiger partial charge is 0.465 e. The zero-order valence-electron chi connectivity index (χ0n) is 16.3. The van der Waals surface area contributed by atoms with E-state index in [0.29, 0.717) is 28.1 Å². The predicted octanol–water partition coefficient (Wildman–Crippen LogP) is 5.13. The van der Waals surface area contributed by atoms with Gasteiger partial charge in [0.2, 0.25) is 0 Å². The Labute approximate surface area is 192 Å². The zero-order valence-corrected chi connectivity index (χ0v) is 16.3. The highest BCUT2D eigenvalue weighted by Gasteiger charge is 2.15. The molecule has 0 spiro atoms. The highest BCUT2D eigenvalue weighted by molar-refractivity contribution is 5.96. The van der Waals surface area contributed by atoms with E-state index in [4.69, 9.17) is 13.9 Å². The minimum atomic E-state index is -0.544. The average molecular weight is 457 g/mol. The fourth-order valence-electron chi connectivity index (χ4n) is 2.63. The van der Waals surface area contributed by atoms with E-state index in [1.165, 1.54) is 68.8 Å². The molecule has 33 heavy (non-hydrogen) atoms. The van der Waals surface area contributed by atoms with Crippen molar-refractivity contribution >= 4 is 14.4 Å². The second-order valence-corrected chi connectivity index (χ2v) is 5.89. The summed E-state index contributed by atoms with van der Waals surface area (Å²) in [4.78, 5) is 19.2. The Morgan fingerprint density at radius 1 is 0.939 bits per heavy atom. The van der Waals surface area contributed by atoms with E-state index in [9.17, 15) is 13.6 Å². The first-order valence-corrected chi connectivity index (χ1v) is 8.57. The van der Waals surface area contributed by atoms with Gasteiger partial charge in [0.15, 0.2) is 12.8 Å². The van der Waals surface area contributed by atoms with Gasteiger partial charge in [0.05, 0.1) is 19.3 Å². The molecule has 3 radical (unpaired) electrons. The van der Waals surface area contributed by atoms with Gasteiger partial charge in [0, 0.05) is 19.5 Å². The molecule has 2 aromatic carbocycles. The molecule has 2 heterocycles. The summed E-state index contributed by atoms with van der Waals surface area (Å²) in [6, 6.07) is 7.91. The van der Waals surface area contributed by atoms with Gasteiger partial charge in [-0.25, -0.2) is 23.5 Å². The van der Waals surface area contributed by atoms with E-state index in [1.54, 1.807) is 0 Å². The molecule has 0 amide bonds. The van der Waals surface area contributed by atoms with Crippen LogP contribution in [0.3, 0.4) is 0 Å². The lowest BCUT2D eigenvalue weighted by Crippen LogP contribution is -2.04. The molecular formula is C23H24BF2N2O5. The van der Waals surface area contributed by atoms with Crippen LogP contribution in [-0.4, -0.2) is 36.6 Å². The maximum Gasteiger partial charge on any atom is 0.338 e. The number of halogens is 2. The second kappa shape index (κ2) is 13.6. The molecule has 0 aliphatic rings. The second-order valence-electron chi connectivity index (χ2n) is 5.89.